The van der Waals surface area contributed by atoms with Crippen molar-refractivity contribution >= 4 is 58.1 Å². The Bertz CT molecular complexity index is 2020. The van der Waals surface area contributed by atoms with Gasteiger partial charge in [0.15, 0.2) is 6.68 Å². The number of benzene rings is 5. The number of carbonyl (C=O) groups excluding carboxylic acids is 2. The van der Waals surface area contributed by atoms with Gasteiger partial charge >= 0.3 is 41.6 Å². The molecule has 9 N–H and O–H groups in total. The van der Waals surface area contributed by atoms with Crippen LogP contribution in [0.5, 0.6) is 28.7 Å². The third kappa shape index (κ3) is 22.5. The second kappa shape index (κ2) is 31.1. The second-order valence-electron chi connectivity index (χ2n) is 12.2. The minimum Gasteiger partial charge on any atom is -1.00 e. The van der Waals surface area contributed by atoms with Crippen molar-refractivity contribution in [1.82, 2.24) is 0 Å². The van der Waals surface area contributed by atoms with Gasteiger partial charge in [0.05, 0.1) is 11.4 Å². The van der Waals surface area contributed by atoms with Crippen molar-refractivity contribution in [2.45, 2.75) is 58.1 Å². The van der Waals surface area contributed by atoms with E-state index in [0.29, 0.717) is 5.75 Å². The summed E-state index contributed by atoms with van der Waals surface area (Å²) in [6, 6.07) is 25.3. The molecule has 5 aromatic rings. The number of anilines is 2. The van der Waals surface area contributed by atoms with E-state index in [1.807, 2.05) is 6.07 Å². The predicted molar refractivity (Wildman–Crippen MR) is 225 cm³/mol. The van der Waals surface area contributed by atoms with E-state index in [2.05, 4.69) is 11.6 Å². The van der Waals surface area contributed by atoms with Gasteiger partial charge in [-0.2, -0.15) is 39.5 Å². The van der Waals surface area contributed by atoms with Gasteiger partial charge in [0, 0.05) is 0 Å². The summed E-state index contributed by atoms with van der Waals surface area (Å²) < 4.78 is 142. The third-order valence-electron chi connectivity index (χ3n) is 8.12. The fraction of sp³-hybridized carbons (Fsp3) is 0.214. The van der Waals surface area contributed by atoms with Gasteiger partial charge in [-0.15, -0.1) is 0 Å². The number of hydrogen-bond acceptors (Lipinski definition) is 9. The number of para-hydroxylation sites is 1. The van der Waals surface area contributed by atoms with Gasteiger partial charge in [0.1, 0.15) is 39.6 Å². The molecular formula is C42H44ClF12IMgN2O7. The molecule has 0 aliphatic heterocycles. The topological polar surface area (TPSA) is 187 Å². The van der Waals surface area contributed by atoms with Crippen molar-refractivity contribution in [2.75, 3.05) is 11.5 Å². The Morgan fingerprint density at radius 3 is 0.939 bits per heavy atom. The van der Waals surface area contributed by atoms with Crippen LogP contribution in [-0.4, -0.2) is 79.1 Å². The molecule has 0 aliphatic carbocycles. The monoisotopic (exact) mass is 1100 g/mol. The first-order chi connectivity index (χ1) is 28.4. The number of aromatic hydroxyl groups is 5. The van der Waals surface area contributed by atoms with Crippen molar-refractivity contribution in [3.63, 3.8) is 0 Å². The molecule has 0 spiro atoms. The molecule has 0 radical (unpaired) electrons. The van der Waals surface area contributed by atoms with Gasteiger partial charge in [0.2, 0.25) is 12.0 Å². The van der Waals surface area contributed by atoms with Crippen molar-refractivity contribution in [3.05, 3.63) is 144 Å². The molecule has 0 unspecified atom stereocenters. The molecule has 9 nitrogen and oxygen atoms in total. The van der Waals surface area contributed by atoms with E-state index < -0.39 is 42.3 Å². The molecule has 5 rings (SSSR count). The first-order valence-corrected chi connectivity index (χ1v) is 16.9. The van der Waals surface area contributed by atoms with E-state index in [0.717, 1.165) is 50.2 Å². The third-order valence-corrected chi connectivity index (χ3v) is 8.12. The first kappa shape index (κ1) is 70.0. The number of carbonyl (C=O) groups is 2. The fourth-order valence-electron chi connectivity index (χ4n) is 4.74. The van der Waals surface area contributed by atoms with Gasteiger partial charge in [-0.3, -0.25) is 9.59 Å². The summed E-state index contributed by atoms with van der Waals surface area (Å²) in [6.45, 7) is -1.02. The first-order valence-electron chi connectivity index (χ1n) is 16.5. The average Bonchev–Trinajstić information content (AvgIpc) is 3.17. The number of rotatable bonds is 4. The Morgan fingerprint density at radius 1 is 0.515 bits per heavy atom. The van der Waals surface area contributed by atoms with Crippen LogP contribution in [0.15, 0.2) is 115 Å². The Labute approximate surface area is 410 Å². The Morgan fingerprint density at radius 2 is 0.742 bits per heavy atom. The number of nitrogens with two attached hydrogens (primary N) is 2. The summed E-state index contributed by atoms with van der Waals surface area (Å²) in [4.78, 5) is 17.3. The summed E-state index contributed by atoms with van der Waals surface area (Å²) in [7, 11) is 0. The number of alkyl halides is 9. The van der Waals surface area contributed by atoms with E-state index in [4.69, 9.17) is 26.2 Å². The molecule has 0 aromatic heterocycles. The van der Waals surface area contributed by atoms with Crippen LogP contribution in [0, 0.1) is 6.68 Å². The minimum absolute atomic E-state index is 0. The van der Waals surface area contributed by atoms with Crippen LogP contribution in [0.4, 0.5) is 64.1 Å². The largest absolute Gasteiger partial charge is 2.00 e. The Kier molecular flexibility index (Phi) is 32.9. The predicted octanol–water partition coefficient (Wildman–Crippen LogP) is 8.89. The van der Waals surface area contributed by atoms with Crippen molar-refractivity contribution < 1.29 is 112 Å². The Balaban J connectivity index is -0.000000256. The van der Waals surface area contributed by atoms with Crippen LogP contribution < -0.4 is 35.4 Å². The fourth-order valence-corrected chi connectivity index (χ4v) is 4.74. The van der Waals surface area contributed by atoms with Gasteiger partial charge < -0.3 is 74.1 Å². The van der Waals surface area contributed by atoms with Gasteiger partial charge in [-0.25, -0.2) is 0 Å². The van der Waals surface area contributed by atoms with E-state index in [1.54, 1.807) is 24.3 Å². The molecule has 0 saturated carbocycles. The van der Waals surface area contributed by atoms with Gasteiger partial charge in [0.25, 0.3) is 0 Å². The maximum absolute atomic E-state index is 13.7. The van der Waals surface area contributed by atoms with Crippen LogP contribution in [-0.2, 0) is 20.4 Å². The number of phenolic OH excluding ortho intramolecular Hbond substituents is 5. The smallest absolute Gasteiger partial charge is 1.00 e. The quantitative estimate of drug-likeness (QED) is 0.0135. The molecule has 0 fully saturated rings. The van der Waals surface area contributed by atoms with Gasteiger partial charge in [-0.1, -0.05) is 69.5 Å². The molecule has 0 heterocycles. The average molecular weight is 1100 g/mol. The Hall–Kier alpha value is -5.01. The molecule has 0 aliphatic rings. The molecule has 5 aromatic carbocycles. The number of phenols is 5. The second-order valence-corrected chi connectivity index (χ2v) is 12.4. The molecule has 0 amide bonds. The maximum Gasteiger partial charge on any atom is 2.00 e. The van der Waals surface area contributed by atoms with E-state index >= 15 is 0 Å². The molecule has 0 atom stereocenters. The molecule has 0 bridgehead atoms. The summed E-state index contributed by atoms with van der Waals surface area (Å²) in [5.74, 6) is -0.229. The van der Waals surface area contributed by atoms with E-state index in [-0.39, 0.29) is 124 Å². The summed E-state index contributed by atoms with van der Waals surface area (Å²) in [5, 5.41) is 45.9. The number of halogens is 14. The van der Waals surface area contributed by atoms with Crippen LogP contribution in [0.2, 0.25) is 0 Å². The van der Waals surface area contributed by atoms with Crippen LogP contribution >= 0.6 is 11.6 Å². The molecule has 24 heteroatoms. The van der Waals surface area contributed by atoms with Gasteiger partial charge in [-0.05, 0) is 108 Å². The molecular weight excluding hydrogens is 1060 g/mol. The standard InChI is InChI=1S/C15H15F3N2O2.C15H13F3O2.C6H6O.C2HF3O.CHClO.CF3.2CH4.HI.Mg/c1-14(15(16,17)18,8-2-4-12(21)10(19)6-8)9-3-5-13(22)11(20)7-9;1-14(15(16,17)18,10-2-6-12(19)7-3-10)11-4-8-13(20)9-5-11;7-6-4-2-1-3-5-6;3-2(4,5)1-6;2-1-3;2-1(3)4;;;;/h2-7,21-22H,19-20H2,1H3;2-9,19-20H,1H3;1-5,7H;1H;1H;;2*1H4;1H;/q;;;;;-1;;;;+2/p-1. The van der Waals surface area contributed by atoms with Crippen molar-refractivity contribution in [3.8, 4) is 28.7 Å². The summed E-state index contributed by atoms with van der Waals surface area (Å²) >= 11 is 4.32. The van der Waals surface area contributed by atoms with Crippen molar-refractivity contribution in [2.24, 2.45) is 0 Å². The maximum atomic E-state index is 13.7. The zero-order valence-electron chi connectivity index (χ0n) is 32.8. The zero-order valence-corrected chi connectivity index (χ0v) is 37.2. The molecule has 66 heavy (non-hydrogen) atoms. The minimum atomic E-state index is -4.64. The van der Waals surface area contributed by atoms with E-state index in [1.165, 1.54) is 48.5 Å². The van der Waals surface area contributed by atoms with Crippen molar-refractivity contribution in [1.29, 1.82) is 0 Å². The van der Waals surface area contributed by atoms with Crippen LogP contribution in [0.1, 0.15) is 51.0 Å². The SMILES string of the molecule is C.C.CC(c1ccc(O)c(N)c1)(c1ccc(O)c(N)c1)C(F)(F)F.CC(c1ccc(O)cc1)(c1ccc(O)cc1)C(F)(F)F.F[C-](F)F.O=CC(F)(F)F.O=CCl.Oc1ccccc1.[I-].[Mg+2]. The van der Waals surface area contributed by atoms with E-state index in [9.17, 15) is 73.1 Å². The number of nitrogen functional groups attached to an aromatic ring is 2. The molecule has 0 saturated heterocycles. The summed E-state index contributed by atoms with van der Waals surface area (Å²) in [6.07, 6.45) is -14.9. The van der Waals surface area contributed by atoms with Crippen LogP contribution in [0.3, 0.4) is 0 Å². The zero-order chi connectivity index (χ0) is 48.3. The normalized spacial score (nSPS) is 10.5. The number of aldehydes is 1. The summed E-state index contributed by atoms with van der Waals surface area (Å²) in [5.41, 5.74) is 5.88. The molecule has 364 valence electrons. The van der Waals surface area contributed by atoms with Crippen LogP contribution in [0.25, 0.3) is 0 Å². The number of hydrogen-bond donors (Lipinski definition) is 7.